The van der Waals surface area contributed by atoms with Crippen molar-refractivity contribution in [2.75, 3.05) is 26.5 Å². The van der Waals surface area contributed by atoms with E-state index in [1.807, 2.05) is 36.1 Å². The molecule has 0 radical (unpaired) electrons. The molecule has 28 heavy (non-hydrogen) atoms. The number of nitrogens with one attached hydrogen (secondary N) is 1. The number of hydrogen-bond acceptors (Lipinski definition) is 4. The van der Waals surface area contributed by atoms with Gasteiger partial charge in [0.15, 0.2) is 0 Å². The van der Waals surface area contributed by atoms with Gasteiger partial charge in [0.25, 0.3) is 0 Å². The molecule has 1 amide bonds. The molecule has 0 saturated heterocycles. The van der Waals surface area contributed by atoms with E-state index in [0.717, 1.165) is 28.9 Å². The third kappa shape index (κ3) is 3.22. The van der Waals surface area contributed by atoms with Crippen LogP contribution in [0.3, 0.4) is 0 Å². The van der Waals surface area contributed by atoms with Crippen molar-refractivity contribution < 1.29 is 14.3 Å². The molecule has 4 rings (SSSR count). The molecule has 1 N–H and O–H groups in total. The van der Waals surface area contributed by atoms with Gasteiger partial charge in [0.1, 0.15) is 11.8 Å². The number of aromatic nitrogens is 1. The van der Waals surface area contributed by atoms with Gasteiger partial charge in [0.05, 0.1) is 13.7 Å². The number of amides is 1. The van der Waals surface area contributed by atoms with Crippen LogP contribution >= 0.6 is 11.8 Å². The van der Waals surface area contributed by atoms with Gasteiger partial charge in [-0.15, -0.1) is 11.8 Å². The van der Waals surface area contributed by atoms with Gasteiger partial charge in [-0.25, -0.2) is 4.79 Å². The summed E-state index contributed by atoms with van der Waals surface area (Å²) in [6.45, 7) is 2.82. The third-order valence-corrected chi connectivity index (χ3v) is 5.99. The highest BCUT2D eigenvalue weighted by molar-refractivity contribution is 7.98. The van der Waals surface area contributed by atoms with Gasteiger partial charge in [-0.1, -0.05) is 12.1 Å². The average Bonchev–Trinajstić information content (AvgIpc) is 3.11. The number of ether oxygens (including phenoxy) is 2. The largest absolute Gasteiger partial charge is 0.497 e. The van der Waals surface area contributed by atoms with Crippen LogP contribution in [-0.4, -0.2) is 42.5 Å². The molecule has 5 nitrogen and oxygen atoms in total. The molecule has 0 aliphatic carbocycles. The van der Waals surface area contributed by atoms with E-state index in [1.165, 1.54) is 15.8 Å². The van der Waals surface area contributed by atoms with E-state index >= 15 is 0 Å². The molecule has 1 aromatic heterocycles. The lowest BCUT2D eigenvalue weighted by Gasteiger charge is -2.35. The van der Waals surface area contributed by atoms with Crippen molar-refractivity contribution in [2.24, 2.45) is 0 Å². The summed E-state index contributed by atoms with van der Waals surface area (Å²) in [6.07, 6.45) is 2.61. The third-order valence-electron chi connectivity index (χ3n) is 5.27. The predicted octanol–water partition coefficient (Wildman–Crippen LogP) is 5.00. The fourth-order valence-corrected chi connectivity index (χ4v) is 4.37. The van der Waals surface area contributed by atoms with Gasteiger partial charge < -0.3 is 14.5 Å². The summed E-state index contributed by atoms with van der Waals surface area (Å²) in [4.78, 5) is 19.3. The molecule has 0 bridgehead atoms. The summed E-state index contributed by atoms with van der Waals surface area (Å²) in [5.74, 6) is 0.795. The summed E-state index contributed by atoms with van der Waals surface area (Å²) >= 11 is 1.74. The second-order valence-electron chi connectivity index (χ2n) is 6.75. The number of nitrogens with zero attached hydrogens (tertiary/aromatic N) is 1. The maximum Gasteiger partial charge on any atom is 0.410 e. The number of fused-ring (bicyclic) bond motifs is 3. The highest BCUT2D eigenvalue weighted by Gasteiger charge is 2.35. The maximum atomic E-state index is 12.7. The Labute approximate surface area is 169 Å². The summed E-state index contributed by atoms with van der Waals surface area (Å²) in [5, 5.41) is 1.24. The zero-order chi connectivity index (χ0) is 19.7. The van der Waals surface area contributed by atoms with Crippen LogP contribution in [0.15, 0.2) is 47.4 Å². The molecular formula is C22H24N2O3S. The molecule has 1 aliphatic heterocycles. The van der Waals surface area contributed by atoms with E-state index in [1.54, 1.807) is 18.9 Å². The SMILES string of the molecule is CCOC(=O)N1CCc2c([nH]c3ccc(SC)cc23)C1c1ccc(OC)cc1. The molecule has 1 aliphatic rings. The van der Waals surface area contributed by atoms with E-state index in [2.05, 4.69) is 29.4 Å². The highest BCUT2D eigenvalue weighted by Crippen LogP contribution is 2.39. The summed E-state index contributed by atoms with van der Waals surface area (Å²) in [5.41, 5.74) is 4.49. The van der Waals surface area contributed by atoms with E-state index in [0.29, 0.717) is 13.2 Å². The molecule has 1 atom stereocenters. The molecule has 3 aromatic rings. The van der Waals surface area contributed by atoms with Crippen LogP contribution in [0.2, 0.25) is 0 Å². The maximum absolute atomic E-state index is 12.7. The lowest BCUT2D eigenvalue weighted by Crippen LogP contribution is -2.40. The summed E-state index contributed by atoms with van der Waals surface area (Å²) < 4.78 is 10.6. The van der Waals surface area contributed by atoms with E-state index < -0.39 is 0 Å². The van der Waals surface area contributed by atoms with Gasteiger partial charge in [-0.3, -0.25) is 4.90 Å². The number of thioether (sulfide) groups is 1. The van der Waals surface area contributed by atoms with Crippen LogP contribution < -0.4 is 4.74 Å². The summed E-state index contributed by atoms with van der Waals surface area (Å²) in [7, 11) is 1.65. The van der Waals surface area contributed by atoms with Gasteiger partial charge in [-0.2, -0.15) is 0 Å². The number of methoxy groups -OCH3 is 1. The number of benzene rings is 2. The summed E-state index contributed by atoms with van der Waals surface area (Å²) in [6, 6.07) is 14.2. The van der Waals surface area contributed by atoms with E-state index in [4.69, 9.17) is 9.47 Å². The fraction of sp³-hybridized carbons (Fsp3) is 0.318. The lowest BCUT2D eigenvalue weighted by molar-refractivity contribution is 0.0932. The average molecular weight is 397 g/mol. The Balaban J connectivity index is 1.85. The van der Waals surface area contributed by atoms with Crippen molar-refractivity contribution in [3.05, 3.63) is 59.3 Å². The minimum atomic E-state index is -0.280. The first-order valence-corrected chi connectivity index (χ1v) is 10.6. The Morgan fingerprint density at radius 2 is 2.04 bits per heavy atom. The van der Waals surface area contributed by atoms with Crippen molar-refractivity contribution >= 4 is 28.8 Å². The van der Waals surface area contributed by atoms with E-state index in [9.17, 15) is 4.79 Å². The Morgan fingerprint density at radius 3 is 2.71 bits per heavy atom. The molecule has 6 heteroatoms. The van der Waals surface area contributed by atoms with Gasteiger partial charge in [0.2, 0.25) is 0 Å². The van der Waals surface area contributed by atoms with Crippen LogP contribution in [0.25, 0.3) is 10.9 Å². The zero-order valence-corrected chi connectivity index (χ0v) is 17.1. The molecule has 146 valence electrons. The van der Waals surface area contributed by atoms with Crippen LogP contribution in [0.1, 0.15) is 29.8 Å². The Bertz CT molecular complexity index is 997. The molecule has 1 unspecified atom stereocenters. The zero-order valence-electron chi connectivity index (χ0n) is 16.3. The van der Waals surface area contributed by atoms with Crippen molar-refractivity contribution in [2.45, 2.75) is 24.3 Å². The van der Waals surface area contributed by atoms with Gasteiger partial charge in [0, 0.05) is 28.0 Å². The Hall–Kier alpha value is -2.60. The number of aromatic amines is 1. The van der Waals surface area contributed by atoms with Crippen LogP contribution in [0.4, 0.5) is 4.79 Å². The molecular weight excluding hydrogens is 372 g/mol. The minimum Gasteiger partial charge on any atom is -0.497 e. The quantitative estimate of drug-likeness (QED) is 0.631. The molecule has 2 heterocycles. The van der Waals surface area contributed by atoms with Crippen LogP contribution in [0, 0.1) is 0 Å². The highest BCUT2D eigenvalue weighted by atomic mass is 32.2. The van der Waals surface area contributed by atoms with Crippen molar-refractivity contribution in [3.63, 3.8) is 0 Å². The molecule has 2 aromatic carbocycles. The van der Waals surface area contributed by atoms with E-state index in [-0.39, 0.29) is 12.1 Å². The van der Waals surface area contributed by atoms with Crippen molar-refractivity contribution in [1.29, 1.82) is 0 Å². The molecule has 0 spiro atoms. The monoisotopic (exact) mass is 396 g/mol. The van der Waals surface area contributed by atoms with Gasteiger partial charge >= 0.3 is 6.09 Å². The molecule has 0 saturated carbocycles. The lowest BCUT2D eigenvalue weighted by atomic mass is 9.92. The fourth-order valence-electron chi connectivity index (χ4n) is 3.93. The first-order valence-electron chi connectivity index (χ1n) is 9.42. The number of hydrogen-bond donors (Lipinski definition) is 1. The number of carbonyl (C=O) groups is 1. The second-order valence-corrected chi connectivity index (χ2v) is 7.63. The Kier molecular flexibility index (Phi) is 5.22. The number of H-pyrrole nitrogens is 1. The first-order chi connectivity index (χ1) is 13.7. The van der Waals surface area contributed by atoms with Crippen LogP contribution in [0.5, 0.6) is 5.75 Å². The van der Waals surface area contributed by atoms with Gasteiger partial charge in [-0.05, 0) is 61.1 Å². The smallest absolute Gasteiger partial charge is 0.410 e. The Morgan fingerprint density at radius 1 is 1.25 bits per heavy atom. The number of carbonyl (C=O) groups excluding carboxylic acids is 1. The standard InChI is InChI=1S/C22H24N2O3S/c1-4-27-22(25)24-12-11-17-18-13-16(28-3)9-10-19(18)23-20(17)21(24)14-5-7-15(26-2)8-6-14/h5-10,13,21,23H,4,11-12H2,1-3H3. The van der Waals surface area contributed by atoms with Crippen LogP contribution in [-0.2, 0) is 11.2 Å². The van der Waals surface area contributed by atoms with Crippen molar-refractivity contribution in [3.8, 4) is 5.75 Å². The normalized spacial score (nSPS) is 16.1. The number of rotatable bonds is 4. The topological polar surface area (TPSA) is 54.6 Å². The minimum absolute atomic E-state index is 0.209. The van der Waals surface area contributed by atoms with Crippen molar-refractivity contribution in [1.82, 2.24) is 9.88 Å². The molecule has 0 fully saturated rings. The second kappa shape index (κ2) is 7.80. The predicted molar refractivity (Wildman–Crippen MR) is 112 cm³/mol. The first kappa shape index (κ1) is 18.7.